The quantitative estimate of drug-likeness (QED) is 0.365. The van der Waals surface area contributed by atoms with Crippen LogP contribution < -0.4 is 10.6 Å². The molecule has 1 aliphatic heterocycles. The van der Waals surface area contributed by atoms with Crippen LogP contribution in [0.25, 0.3) is 0 Å². The number of likely N-dealkylation sites (tertiary alicyclic amines) is 1. The zero-order valence-electron chi connectivity index (χ0n) is 12.2. The molecule has 3 N–H and O–H groups in total. The van der Waals surface area contributed by atoms with E-state index in [1.807, 2.05) is 19.2 Å². The van der Waals surface area contributed by atoms with Crippen molar-refractivity contribution in [3.8, 4) is 0 Å². The number of nitrogens with two attached hydrogens (primary N) is 1. The molecule has 2 rings (SSSR count). The van der Waals surface area contributed by atoms with Crippen molar-refractivity contribution in [3.63, 3.8) is 0 Å². The van der Waals surface area contributed by atoms with Crippen molar-refractivity contribution in [1.82, 2.24) is 9.88 Å². The van der Waals surface area contributed by atoms with E-state index in [-0.39, 0.29) is 5.84 Å². The fraction of sp³-hybridized carbons (Fsp3) is 0.571. The Labute approximate surface area is 119 Å². The first-order valence-corrected chi connectivity index (χ1v) is 7.05. The molecule has 6 heteroatoms. The normalized spacial score (nSPS) is 20.3. The minimum absolute atomic E-state index is 0.0382. The van der Waals surface area contributed by atoms with Gasteiger partial charge in [0.15, 0.2) is 5.84 Å². The van der Waals surface area contributed by atoms with Crippen LogP contribution in [-0.4, -0.2) is 53.7 Å². The van der Waals surface area contributed by atoms with Gasteiger partial charge in [0.05, 0.1) is 0 Å². The second-order valence-electron chi connectivity index (χ2n) is 5.17. The van der Waals surface area contributed by atoms with Crippen LogP contribution in [0.4, 0.5) is 5.82 Å². The summed E-state index contributed by atoms with van der Waals surface area (Å²) in [4.78, 5) is 9.06. The molecule has 110 valence electrons. The van der Waals surface area contributed by atoms with Crippen molar-refractivity contribution in [2.24, 2.45) is 10.9 Å². The zero-order valence-corrected chi connectivity index (χ0v) is 12.2. The second-order valence-corrected chi connectivity index (χ2v) is 5.17. The Morgan fingerprint density at radius 2 is 2.40 bits per heavy atom. The summed E-state index contributed by atoms with van der Waals surface area (Å²) in [6.45, 7) is 5.43. The molecule has 1 atom stereocenters. The van der Waals surface area contributed by atoms with Crippen molar-refractivity contribution in [2.45, 2.75) is 25.8 Å². The van der Waals surface area contributed by atoms with Gasteiger partial charge in [0.2, 0.25) is 0 Å². The molecule has 1 aromatic heterocycles. The Bertz CT molecular complexity index is 476. The van der Waals surface area contributed by atoms with E-state index < -0.39 is 0 Å². The number of hydrogen-bond acceptors (Lipinski definition) is 5. The molecular formula is C14H23N5O. The summed E-state index contributed by atoms with van der Waals surface area (Å²) >= 11 is 0. The highest BCUT2D eigenvalue weighted by Crippen LogP contribution is 2.19. The standard InChI is InChI=1S/C14H23N5O/c1-3-19-9-5-6-11(19)10-18(2)13-8-4-7-12(16-13)14(15)17-20/h4,7-8,11,20H,3,5-6,9-10H2,1-2H3,(H2,15,17). The molecule has 20 heavy (non-hydrogen) atoms. The number of hydrogen-bond donors (Lipinski definition) is 2. The molecule has 0 aliphatic carbocycles. The average molecular weight is 277 g/mol. The Morgan fingerprint density at radius 3 is 3.10 bits per heavy atom. The summed E-state index contributed by atoms with van der Waals surface area (Å²) in [6, 6.07) is 6.14. The first-order valence-electron chi connectivity index (χ1n) is 7.05. The molecule has 6 nitrogen and oxygen atoms in total. The lowest BCUT2D eigenvalue weighted by atomic mass is 10.2. The Balaban J connectivity index is 2.07. The number of likely N-dealkylation sites (N-methyl/N-ethyl adjacent to an activating group) is 2. The molecule has 1 aliphatic rings. The van der Waals surface area contributed by atoms with Gasteiger partial charge in [-0.15, -0.1) is 0 Å². The molecule has 2 heterocycles. The van der Waals surface area contributed by atoms with Crippen molar-refractivity contribution in [1.29, 1.82) is 0 Å². The summed E-state index contributed by atoms with van der Waals surface area (Å²) in [5.74, 6) is 0.883. The summed E-state index contributed by atoms with van der Waals surface area (Å²) in [5, 5.41) is 11.7. The largest absolute Gasteiger partial charge is 0.409 e. The number of aromatic nitrogens is 1. The maximum atomic E-state index is 8.72. The first kappa shape index (κ1) is 14.6. The lowest BCUT2D eigenvalue weighted by Gasteiger charge is -2.28. The molecular weight excluding hydrogens is 254 g/mol. The maximum Gasteiger partial charge on any atom is 0.188 e. The van der Waals surface area contributed by atoms with Gasteiger partial charge in [-0.05, 0) is 38.1 Å². The molecule has 0 spiro atoms. The molecule has 1 saturated heterocycles. The Kier molecular flexibility index (Phi) is 4.79. The molecule has 1 unspecified atom stereocenters. The van der Waals surface area contributed by atoms with E-state index in [1.165, 1.54) is 19.4 Å². The van der Waals surface area contributed by atoms with Crippen molar-refractivity contribution < 1.29 is 5.21 Å². The van der Waals surface area contributed by atoms with Crippen LogP contribution in [-0.2, 0) is 0 Å². The second kappa shape index (κ2) is 6.56. The fourth-order valence-corrected chi connectivity index (χ4v) is 2.76. The van der Waals surface area contributed by atoms with Gasteiger partial charge in [-0.3, -0.25) is 4.90 Å². The van der Waals surface area contributed by atoms with Crippen molar-refractivity contribution in [2.75, 3.05) is 31.6 Å². The smallest absolute Gasteiger partial charge is 0.188 e. The number of amidine groups is 1. The van der Waals surface area contributed by atoms with Gasteiger partial charge in [0.25, 0.3) is 0 Å². The predicted molar refractivity (Wildman–Crippen MR) is 80.3 cm³/mol. The minimum Gasteiger partial charge on any atom is -0.409 e. The number of nitrogens with zero attached hydrogens (tertiary/aromatic N) is 4. The topological polar surface area (TPSA) is 78.0 Å². The highest BCUT2D eigenvalue weighted by atomic mass is 16.4. The Hall–Kier alpha value is -1.82. The predicted octanol–water partition coefficient (Wildman–Crippen LogP) is 1.10. The van der Waals surface area contributed by atoms with Gasteiger partial charge in [-0.2, -0.15) is 0 Å². The van der Waals surface area contributed by atoms with Gasteiger partial charge < -0.3 is 15.8 Å². The van der Waals surface area contributed by atoms with Crippen molar-refractivity contribution in [3.05, 3.63) is 23.9 Å². The summed E-state index contributed by atoms with van der Waals surface area (Å²) in [7, 11) is 2.03. The van der Waals surface area contributed by atoms with E-state index in [9.17, 15) is 0 Å². The van der Waals surface area contributed by atoms with Crippen molar-refractivity contribution >= 4 is 11.7 Å². The molecule has 0 radical (unpaired) electrons. The van der Waals surface area contributed by atoms with Gasteiger partial charge in [0.1, 0.15) is 11.5 Å². The van der Waals surface area contributed by atoms with Crippen LogP contribution in [0.5, 0.6) is 0 Å². The van der Waals surface area contributed by atoms with Crippen LogP contribution >= 0.6 is 0 Å². The van der Waals surface area contributed by atoms with Crippen LogP contribution in [0.1, 0.15) is 25.5 Å². The summed E-state index contributed by atoms with van der Waals surface area (Å²) < 4.78 is 0. The van der Waals surface area contributed by atoms with Gasteiger partial charge in [-0.1, -0.05) is 18.1 Å². The monoisotopic (exact) mass is 277 g/mol. The van der Waals surface area contributed by atoms with Crippen LogP contribution in [0.3, 0.4) is 0 Å². The minimum atomic E-state index is 0.0382. The Morgan fingerprint density at radius 1 is 1.60 bits per heavy atom. The molecule has 0 aromatic carbocycles. The number of oxime groups is 1. The number of pyridine rings is 1. The van der Waals surface area contributed by atoms with E-state index in [4.69, 9.17) is 10.9 Å². The van der Waals surface area contributed by atoms with E-state index in [0.29, 0.717) is 11.7 Å². The molecule has 1 fully saturated rings. The van der Waals surface area contributed by atoms with E-state index >= 15 is 0 Å². The van der Waals surface area contributed by atoms with Gasteiger partial charge in [0, 0.05) is 19.6 Å². The highest BCUT2D eigenvalue weighted by molar-refractivity contribution is 5.95. The fourth-order valence-electron chi connectivity index (χ4n) is 2.76. The lowest BCUT2D eigenvalue weighted by molar-refractivity contribution is 0.270. The maximum absolute atomic E-state index is 8.72. The van der Waals surface area contributed by atoms with Crippen LogP contribution in [0.15, 0.2) is 23.4 Å². The molecule has 0 bridgehead atoms. The number of rotatable bonds is 5. The first-order chi connectivity index (χ1) is 9.65. The third-order valence-electron chi connectivity index (χ3n) is 3.89. The van der Waals surface area contributed by atoms with Crippen LogP contribution in [0, 0.1) is 0 Å². The van der Waals surface area contributed by atoms with E-state index in [0.717, 1.165) is 18.9 Å². The van der Waals surface area contributed by atoms with E-state index in [2.05, 4.69) is 26.9 Å². The summed E-state index contributed by atoms with van der Waals surface area (Å²) in [6.07, 6.45) is 2.50. The lowest BCUT2D eigenvalue weighted by Crippen LogP contribution is -2.39. The average Bonchev–Trinajstić information content (AvgIpc) is 2.93. The third-order valence-corrected chi connectivity index (χ3v) is 3.89. The highest BCUT2D eigenvalue weighted by Gasteiger charge is 2.24. The van der Waals surface area contributed by atoms with E-state index in [1.54, 1.807) is 6.07 Å². The van der Waals surface area contributed by atoms with Gasteiger partial charge >= 0.3 is 0 Å². The van der Waals surface area contributed by atoms with Gasteiger partial charge in [-0.25, -0.2) is 4.98 Å². The third kappa shape index (κ3) is 3.19. The molecule has 0 saturated carbocycles. The van der Waals surface area contributed by atoms with Crippen LogP contribution in [0.2, 0.25) is 0 Å². The zero-order chi connectivity index (χ0) is 14.5. The number of anilines is 1. The molecule has 1 aromatic rings. The SMILES string of the molecule is CCN1CCCC1CN(C)c1cccc(C(N)=NO)n1. The molecule has 0 amide bonds. The summed E-state index contributed by atoms with van der Waals surface area (Å²) in [5.41, 5.74) is 6.08.